The summed E-state index contributed by atoms with van der Waals surface area (Å²) in [5, 5.41) is 29.1. The molecule has 0 saturated carbocycles. The van der Waals surface area contributed by atoms with E-state index in [1.807, 2.05) is 30.3 Å². The van der Waals surface area contributed by atoms with Crippen LogP contribution in [0.1, 0.15) is 11.8 Å². The van der Waals surface area contributed by atoms with E-state index in [-0.39, 0.29) is 6.54 Å². The highest BCUT2D eigenvalue weighted by molar-refractivity contribution is 5.14. The molecule has 134 valence electrons. The van der Waals surface area contributed by atoms with E-state index in [2.05, 4.69) is 0 Å². The van der Waals surface area contributed by atoms with Gasteiger partial charge in [0, 0.05) is 18.8 Å². The van der Waals surface area contributed by atoms with Crippen molar-refractivity contribution >= 4 is 0 Å². The fourth-order valence-electron chi connectivity index (χ4n) is 2.93. The molecular formula is C17H20N2O6. The fraction of sp³-hybridized carbons (Fsp3) is 0.412. The minimum absolute atomic E-state index is 0.178. The first-order valence-electron chi connectivity index (χ1n) is 8.01. The Hall–Kier alpha value is -2.26. The lowest BCUT2D eigenvalue weighted by molar-refractivity contribution is -0.0556. The van der Waals surface area contributed by atoms with E-state index in [1.54, 1.807) is 0 Å². The third kappa shape index (κ3) is 3.42. The number of aryl methyl sites for hydroxylation is 1. The number of aliphatic hydroxyl groups is 3. The summed E-state index contributed by atoms with van der Waals surface area (Å²) in [6.45, 7) is -0.311. The summed E-state index contributed by atoms with van der Waals surface area (Å²) in [6, 6.07) is 10.6. The zero-order valence-corrected chi connectivity index (χ0v) is 13.4. The second kappa shape index (κ2) is 7.32. The second-order valence-corrected chi connectivity index (χ2v) is 5.96. The molecule has 0 aliphatic carbocycles. The zero-order valence-electron chi connectivity index (χ0n) is 13.4. The average molecular weight is 348 g/mol. The summed E-state index contributed by atoms with van der Waals surface area (Å²) in [5.74, 6) is 0. The summed E-state index contributed by atoms with van der Waals surface area (Å²) >= 11 is 0. The van der Waals surface area contributed by atoms with E-state index >= 15 is 0 Å². The van der Waals surface area contributed by atoms with Gasteiger partial charge in [0.05, 0.1) is 6.61 Å². The van der Waals surface area contributed by atoms with Gasteiger partial charge in [-0.3, -0.25) is 13.9 Å². The van der Waals surface area contributed by atoms with Crippen molar-refractivity contribution in [2.24, 2.45) is 0 Å². The lowest BCUT2D eigenvalue weighted by Crippen LogP contribution is -2.43. The lowest BCUT2D eigenvalue weighted by atomic mass is 10.1. The van der Waals surface area contributed by atoms with Gasteiger partial charge in [-0.25, -0.2) is 4.79 Å². The van der Waals surface area contributed by atoms with Crippen LogP contribution in [-0.2, 0) is 17.7 Å². The third-order valence-corrected chi connectivity index (χ3v) is 4.35. The summed E-state index contributed by atoms with van der Waals surface area (Å²) in [6.07, 6.45) is -3.12. The van der Waals surface area contributed by atoms with Gasteiger partial charge >= 0.3 is 5.69 Å². The molecule has 0 radical (unpaired) electrons. The molecule has 2 aromatic rings. The van der Waals surface area contributed by atoms with Crippen LogP contribution in [0.5, 0.6) is 0 Å². The van der Waals surface area contributed by atoms with Crippen LogP contribution < -0.4 is 11.2 Å². The highest BCUT2D eigenvalue weighted by atomic mass is 16.6. The van der Waals surface area contributed by atoms with Gasteiger partial charge in [-0.15, -0.1) is 0 Å². The monoisotopic (exact) mass is 348 g/mol. The molecule has 1 aromatic heterocycles. The number of hydrogen-bond donors (Lipinski definition) is 3. The van der Waals surface area contributed by atoms with Crippen molar-refractivity contribution in [1.82, 2.24) is 9.13 Å². The third-order valence-electron chi connectivity index (χ3n) is 4.35. The Kier molecular flexibility index (Phi) is 5.14. The Labute approximate surface area is 143 Å². The minimum atomic E-state index is -1.38. The predicted molar refractivity (Wildman–Crippen MR) is 88.1 cm³/mol. The Morgan fingerprint density at radius 2 is 1.76 bits per heavy atom. The Balaban J connectivity index is 1.88. The van der Waals surface area contributed by atoms with Gasteiger partial charge in [0.25, 0.3) is 5.56 Å². The molecule has 1 saturated heterocycles. The maximum atomic E-state index is 12.6. The average Bonchev–Trinajstić information content (AvgIpc) is 2.91. The molecule has 4 atom stereocenters. The Morgan fingerprint density at radius 1 is 1.04 bits per heavy atom. The number of rotatable bonds is 5. The Morgan fingerprint density at radius 3 is 2.40 bits per heavy atom. The van der Waals surface area contributed by atoms with Crippen molar-refractivity contribution in [3.8, 4) is 0 Å². The molecule has 3 rings (SSSR count). The van der Waals surface area contributed by atoms with Crippen LogP contribution in [-0.4, -0.2) is 49.4 Å². The quantitative estimate of drug-likeness (QED) is 0.630. The maximum Gasteiger partial charge on any atom is 0.333 e. The summed E-state index contributed by atoms with van der Waals surface area (Å²) < 4.78 is 7.48. The number of hydrogen-bond acceptors (Lipinski definition) is 6. The van der Waals surface area contributed by atoms with Crippen molar-refractivity contribution < 1.29 is 20.1 Å². The summed E-state index contributed by atoms with van der Waals surface area (Å²) in [4.78, 5) is 24.7. The predicted octanol–water partition coefficient (Wildman–Crippen LogP) is -1.14. The first kappa shape index (κ1) is 17.6. The van der Waals surface area contributed by atoms with Gasteiger partial charge < -0.3 is 20.1 Å². The molecule has 8 nitrogen and oxygen atoms in total. The van der Waals surface area contributed by atoms with Crippen LogP contribution in [0.2, 0.25) is 0 Å². The van der Waals surface area contributed by atoms with E-state index in [1.165, 1.54) is 12.3 Å². The number of nitrogens with zero attached hydrogens (tertiary/aromatic N) is 2. The van der Waals surface area contributed by atoms with E-state index in [9.17, 15) is 19.8 Å². The number of benzene rings is 1. The lowest BCUT2D eigenvalue weighted by Gasteiger charge is -2.18. The van der Waals surface area contributed by atoms with Gasteiger partial charge in [-0.2, -0.15) is 0 Å². The molecule has 0 bridgehead atoms. The Bertz CT molecular complexity index is 831. The van der Waals surface area contributed by atoms with Crippen LogP contribution in [0.3, 0.4) is 0 Å². The van der Waals surface area contributed by atoms with Crippen LogP contribution in [0, 0.1) is 0 Å². The van der Waals surface area contributed by atoms with E-state index in [4.69, 9.17) is 9.84 Å². The molecule has 1 aliphatic rings. The number of ether oxygens (including phenoxy) is 1. The molecule has 2 heterocycles. The van der Waals surface area contributed by atoms with Crippen molar-refractivity contribution in [2.75, 3.05) is 6.61 Å². The van der Waals surface area contributed by atoms with Crippen molar-refractivity contribution in [3.05, 3.63) is 69.0 Å². The van der Waals surface area contributed by atoms with E-state index in [0.717, 1.165) is 14.7 Å². The minimum Gasteiger partial charge on any atom is -0.394 e. The van der Waals surface area contributed by atoms with E-state index in [0.29, 0.717) is 6.42 Å². The number of aromatic nitrogens is 2. The summed E-state index contributed by atoms with van der Waals surface area (Å²) in [5.41, 5.74) is -0.112. The van der Waals surface area contributed by atoms with Crippen molar-refractivity contribution in [3.63, 3.8) is 0 Å². The van der Waals surface area contributed by atoms with Gasteiger partial charge in [0.2, 0.25) is 0 Å². The molecule has 0 amide bonds. The molecule has 1 fully saturated rings. The van der Waals surface area contributed by atoms with Gasteiger partial charge in [-0.1, -0.05) is 30.3 Å². The second-order valence-electron chi connectivity index (χ2n) is 5.96. The highest BCUT2D eigenvalue weighted by Crippen LogP contribution is 2.27. The molecule has 0 spiro atoms. The van der Waals surface area contributed by atoms with Crippen LogP contribution in [0.4, 0.5) is 0 Å². The molecule has 1 aromatic carbocycles. The first-order valence-corrected chi connectivity index (χ1v) is 8.01. The van der Waals surface area contributed by atoms with Crippen LogP contribution in [0.25, 0.3) is 0 Å². The fourth-order valence-corrected chi connectivity index (χ4v) is 2.93. The van der Waals surface area contributed by atoms with Gasteiger partial charge in [0.15, 0.2) is 6.23 Å². The molecule has 3 N–H and O–H groups in total. The highest BCUT2D eigenvalue weighted by Gasteiger charge is 2.43. The van der Waals surface area contributed by atoms with Crippen molar-refractivity contribution in [2.45, 2.75) is 37.5 Å². The molecular weight excluding hydrogens is 328 g/mol. The van der Waals surface area contributed by atoms with Gasteiger partial charge in [-0.05, 0) is 12.0 Å². The zero-order chi connectivity index (χ0) is 18.0. The SMILES string of the molecule is O=c1ccn([C@@H]2O[C@H](CO)[C@H](O)C2O)c(=O)n1CCc1ccccc1. The smallest absolute Gasteiger partial charge is 0.333 e. The van der Waals surface area contributed by atoms with Gasteiger partial charge in [0.1, 0.15) is 18.3 Å². The standard InChI is InChI=1S/C17H20N2O6/c20-10-12-14(22)15(23)16(25-12)19-9-7-13(21)18(17(19)24)8-6-11-4-2-1-3-5-11/h1-5,7,9,12,14-16,20,22-23H,6,8,10H2/t12-,14+,15?,16-/m1/s1. The normalized spacial score (nSPS) is 26.0. The maximum absolute atomic E-state index is 12.6. The van der Waals surface area contributed by atoms with Crippen LogP contribution in [0.15, 0.2) is 52.2 Å². The molecule has 25 heavy (non-hydrogen) atoms. The molecule has 1 aliphatic heterocycles. The van der Waals surface area contributed by atoms with Crippen LogP contribution >= 0.6 is 0 Å². The largest absolute Gasteiger partial charge is 0.394 e. The summed E-state index contributed by atoms with van der Waals surface area (Å²) in [7, 11) is 0. The number of aliphatic hydroxyl groups excluding tert-OH is 3. The molecule has 1 unspecified atom stereocenters. The van der Waals surface area contributed by atoms with E-state index < -0.39 is 42.4 Å². The van der Waals surface area contributed by atoms with Crippen molar-refractivity contribution in [1.29, 1.82) is 0 Å². The first-order chi connectivity index (χ1) is 12.0. The topological polar surface area (TPSA) is 114 Å². The molecule has 8 heteroatoms.